The van der Waals surface area contributed by atoms with Gasteiger partial charge in [0.15, 0.2) is 0 Å². The van der Waals surface area contributed by atoms with Gasteiger partial charge in [-0.15, -0.1) is 0 Å². The van der Waals surface area contributed by atoms with Crippen LogP contribution in [0.5, 0.6) is 0 Å². The zero-order valence-electron chi connectivity index (χ0n) is 8.12. The van der Waals surface area contributed by atoms with Crippen molar-refractivity contribution in [3.05, 3.63) is 0 Å². The summed E-state index contributed by atoms with van der Waals surface area (Å²) in [6, 6.07) is 0. The molecule has 2 nitrogen and oxygen atoms in total. The van der Waals surface area contributed by atoms with Crippen LogP contribution in [-0.2, 0) is 4.74 Å². The van der Waals surface area contributed by atoms with E-state index in [9.17, 15) is 0 Å². The van der Waals surface area contributed by atoms with Gasteiger partial charge in [-0.25, -0.2) is 0 Å². The maximum Gasteiger partial charge on any atom is 0.0732 e. The molecule has 0 spiro atoms. The quantitative estimate of drug-likeness (QED) is 0.558. The fraction of sp³-hybridized carbons (Fsp3) is 1.00. The lowest BCUT2D eigenvalue weighted by molar-refractivity contribution is 0.118. The molecule has 2 unspecified atom stereocenters. The fourth-order valence-electron chi connectivity index (χ4n) is 0.989. The van der Waals surface area contributed by atoms with Gasteiger partial charge in [0.25, 0.3) is 0 Å². The number of hydrogen-bond donors (Lipinski definition) is 1. The van der Waals surface area contributed by atoms with Crippen LogP contribution in [0.15, 0.2) is 0 Å². The first-order valence-electron chi connectivity index (χ1n) is 4.72. The smallest absolute Gasteiger partial charge is 0.0732 e. The Hall–Kier alpha value is -0.0151. The molecular weight excluding hydrogens is 151 g/mol. The summed E-state index contributed by atoms with van der Waals surface area (Å²) >= 11 is 0. The predicted molar refractivity (Wildman–Crippen MR) is 51.5 cm³/mol. The van der Waals surface area contributed by atoms with Crippen molar-refractivity contribution in [2.45, 2.75) is 45.0 Å². The number of rotatable bonds is 0. The highest BCUT2D eigenvalue weighted by Gasteiger charge is 2.13. The van der Waals surface area contributed by atoms with Crippen molar-refractivity contribution in [3.63, 3.8) is 0 Å². The second-order valence-electron chi connectivity index (χ2n) is 3.22. The molecule has 0 aromatic rings. The molecule has 1 rings (SSSR count). The largest absolute Gasteiger partial charge is 0.393 e. The van der Waals surface area contributed by atoms with Crippen LogP contribution in [0.3, 0.4) is 0 Å². The molecule has 1 fully saturated rings. The molecule has 70 valence electrons. The SMILES string of the molecule is CCC.[B]C1COCCC(O)C1. The van der Waals surface area contributed by atoms with Crippen molar-refractivity contribution in [1.82, 2.24) is 0 Å². The van der Waals surface area contributed by atoms with E-state index in [1.165, 1.54) is 6.42 Å². The third-order valence-corrected chi connectivity index (χ3v) is 1.50. The van der Waals surface area contributed by atoms with Crippen molar-refractivity contribution in [2.75, 3.05) is 13.2 Å². The standard InChI is InChI=1S/C6H11BO2.C3H8/c7-5-3-6(8)1-2-9-4-5;1-3-2/h5-6,8H,1-4H2;3H2,1-2H3. The summed E-state index contributed by atoms with van der Waals surface area (Å²) in [5.41, 5.74) is 0. The van der Waals surface area contributed by atoms with Crippen molar-refractivity contribution in [1.29, 1.82) is 0 Å². The monoisotopic (exact) mass is 170 g/mol. The summed E-state index contributed by atoms with van der Waals surface area (Å²) in [5, 5.41) is 9.10. The van der Waals surface area contributed by atoms with Gasteiger partial charge in [0.05, 0.1) is 14.0 Å². The normalized spacial score (nSPS) is 29.9. The molecule has 0 bridgehead atoms. The summed E-state index contributed by atoms with van der Waals surface area (Å²) in [5.74, 6) is 0.0301. The lowest BCUT2D eigenvalue weighted by Gasteiger charge is -2.08. The third-order valence-electron chi connectivity index (χ3n) is 1.50. The topological polar surface area (TPSA) is 29.5 Å². The molecule has 3 heteroatoms. The molecule has 2 atom stereocenters. The van der Waals surface area contributed by atoms with Crippen LogP contribution in [0.4, 0.5) is 0 Å². The highest BCUT2D eigenvalue weighted by molar-refractivity contribution is 6.11. The van der Waals surface area contributed by atoms with E-state index in [4.69, 9.17) is 17.7 Å². The molecule has 1 N–H and O–H groups in total. The van der Waals surface area contributed by atoms with Gasteiger partial charge in [-0.05, 0) is 12.8 Å². The number of aliphatic hydroxyl groups is 1. The number of aliphatic hydroxyl groups excluding tert-OH is 1. The first-order chi connectivity index (χ1) is 5.70. The molecule has 0 aliphatic carbocycles. The summed E-state index contributed by atoms with van der Waals surface area (Å²) in [7, 11) is 5.54. The van der Waals surface area contributed by atoms with Crippen LogP contribution >= 0.6 is 0 Å². The Morgan fingerprint density at radius 2 is 2.08 bits per heavy atom. The van der Waals surface area contributed by atoms with Gasteiger partial charge in [-0.1, -0.05) is 26.1 Å². The minimum absolute atomic E-state index is 0.0301. The number of ether oxygens (including phenoxy) is 1. The van der Waals surface area contributed by atoms with E-state index in [0.717, 1.165) is 6.42 Å². The molecule has 1 aliphatic rings. The van der Waals surface area contributed by atoms with Gasteiger partial charge < -0.3 is 9.84 Å². The first-order valence-corrected chi connectivity index (χ1v) is 4.72. The van der Waals surface area contributed by atoms with Crippen LogP contribution in [0.2, 0.25) is 5.82 Å². The average Bonchev–Trinajstić information content (AvgIpc) is 2.15. The van der Waals surface area contributed by atoms with Crippen LogP contribution in [0.1, 0.15) is 33.1 Å². The molecule has 1 aliphatic heterocycles. The maximum atomic E-state index is 9.10. The Morgan fingerprint density at radius 3 is 2.67 bits per heavy atom. The minimum Gasteiger partial charge on any atom is -0.393 e. The molecule has 0 saturated carbocycles. The Balaban J connectivity index is 0.000000354. The molecule has 0 amide bonds. The molecule has 12 heavy (non-hydrogen) atoms. The zero-order valence-corrected chi connectivity index (χ0v) is 8.12. The highest BCUT2D eigenvalue weighted by atomic mass is 16.5. The van der Waals surface area contributed by atoms with Crippen LogP contribution in [0.25, 0.3) is 0 Å². The van der Waals surface area contributed by atoms with Crippen molar-refractivity contribution in [3.8, 4) is 0 Å². The Labute approximate surface area is 76.7 Å². The minimum atomic E-state index is -0.248. The van der Waals surface area contributed by atoms with Crippen LogP contribution in [-0.4, -0.2) is 32.3 Å². The Morgan fingerprint density at radius 1 is 1.50 bits per heavy atom. The Bertz CT molecular complexity index is 88.5. The van der Waals surface area contributed by atoms with Gasteiger partial charge in [0, 0.05) is 13.2 Å². The van der Waals surface area contributed by atoms with E-state index in [0.29, 0.717) is 19.6 Å². The van der Waals surface area contributed by atoms with E-state index < -0.39 is 0 Å². The van der Waals surface area contributed by atoms with Crippen molar-refractivity contribution in [2.24, 2.45) is 0 Å². The Kier molecular flexibility index (Phi) is 7.62. The number of hydrogen-bond acceptors (Lipinski definition) is 2. The summed E-state index contributed by atoms with van der Waals surface area (Å²) in [4.78, 5) is 0. The molecule has 0 aromatic heterocycles. The van der Waals surface area contributed by atoms with Crippen LogP contribution in [0, 0.1) is 0 Å². The summed E-state index contributed by atoms with van der Waals surface area (Å²) in [6.45, 7) is 5.49. The summed E-state index contributed by atoms with van der Waals surface area (Å²) in [6.07, 6.45) is 2.41. The molecular formula is C9H19BO2. The van der Waals surface area contributed by atoms with Gasteiger partial charge in [-0.3, -0.25) is 0 Å². The lowest BCUT2D eigenvalue weighted by atomic mass is 9.83. The van der Waals surface area contributed by atoms with Gasteiger partial charge >= 0.3 is 0 Å². The van der Waals surface area contributed by atoms with Crippen molar-refractivity contribution >= 4 is 7.85 Å². The van der Waals surface area contributed by atoms with Gasteiger partial charge in [0.1, 0.15) is 0 Å². The van der Waals surface area contributed by atoms with Crippen molar-refractivity contribution < 1.29 is 9.84 Å². The second-order valence-corrected chi connectivity index (χ2v) is 3.22. The lowest BCUT2D eigenvalue weighted by Crippen LogP contribution is -2.08. The molecule has 1 saturated heterocycles. The van der Waals surface area contributed by atoms with Gasteiger partial charge in [-0.2, -0.15) is 0 Å². The predicted octanol–water partition coefficient (Wildman–Crippen LogP) is 1.53. The zero-order chi connectivity index (χ0) is 9.40. The van der Waals surface area contributed by atoms with E-state index in [1.54, 1.807) is 0 Å². The first kappa shape index (κ1) is 12.0. The molecule has 1 heterocycles. The molecule has 2 radical (unpaired) electrons. The average molecular weight is 170 g/mol. The van der Waals surface area contributed by atoms with Gasteiger partial charge in [0.2, 0.25) is 0 Å². The summed E-state index contributed by atoms with van der Waals surface area (Å²) < 4.78 is 5.09. The van der Waals surface area contributed by atoms with Crippen LogP contribution < -0.4 is 0 Å². The highest BCUT2D eigenvalue weighted by Crippen LogP contribution is 2.15. The van der Waals surface area contributed by atoms with E-state index in [-0.39, 0.29) is 11.9 Å². The van der Waals surface area contributed by atoms with E-state index in [2.05, 4.69) is 13.8 Å². The fourth-order valence-corrected chi connectivity index (χ4v) is 0.989. The second kappa shape index (κ2) is 7.62. The van der Waals surface area contributed by atoms with E-state index in [1.807, 2.05) is 0 Å². The molecule has 0 aromatic carbocycles. The maximum absolute atomic E-state index is 9.10. The van der Waals surface area contributed by atoms with E-state index >= 15 is 0 Å². The third kappa shape index (κ3) is 6.68.